The summed E-state index contributed by atoms with van der Waals surface area (Å²) in [6.07, 6.45) is 1.10. The first-order chi connectivity index (χ1) is 17.6. The number of halogens is 2. The number of hydrogen-bond acceptors (Lipinski definition) is 7. The third-order valence-electron chi connectivity index (χ3n) is 5.08. The van der Waals surface area contributed by atoms with E-state index in [9.17, 15) is 22.8 Å². The van der Waals surface area contributed by atoms with Gasteiger partial charge in [0.2, 0.25) is 0 Å². The Bertz CT molecular complexity index is 1520. The minimum absolute atomic E-state index is 0.0181. The lowest BCUT2D eigenvalue weighted by Crippen LogP contribution is -2.54. The number of carbonyl (C=O) groups is 3. The molecule has 0 atom stereocenters. The van der Waals surface area contributed by atoms with Gasteiger partial charge in [0.05, 0.1) is 12.3 Å². The minimum Gasteiger partial charge on any atom is -0.494 e. The highest BCUT2D eigenvalue weighted by atomic mass is 35.5. The van der Waals surface area contributed by atoms with Gasteiger partial charge in [-0.1, -0.05) is 23.2 Å². The number of ether oxygens (including phenoxy) is 1. The Morgan fingerprint density at radius 1 is 0.919 bits per heavy atom. The molecule has 1 heterocycles. The fourth-order valence-electron chi connectivity index (χ4n) is 3.38. The maximum atomic E-state index is 13.2. The van der Waals surface area contributed by atoms with Crippen molar-refractivity contribution >= 4 is 62.9 Å². The van der Waals surface area contributed by atoms with Gasteiger partial charge in [-0.05, 0) is 79.7 Å². The molecule has 3 aromatic carbocycles. The quantitative estimate of drug-likeness (QED) is 0.250. The average Bonchev–Trinajstić information content (AvgIpc) is 2.84. The number of anilines is 1. The Morgan fingerprint density at radius 2 is 1.57 bits per heavy atom. The Balaban J connectivity index is 1.71. The second kappa shape index (κ2) is 10.6. The predicted octanol–water partition coefficient (Wildman–Crippen LogP) is 4.83. The predicted molar refractivity (Wildman–Crippen MR) is 137 cm³/mol. The molecule has 0 radical (unpaired) electrons. The van der Waals surface area contributed by atoms with Gasteiger partial charge in [0.1, 0.15) is 22.0 Å². The molecule has 0 unspecified atom stereocenters. The number of amides is 4. The summed E-state index contributed by atoms with van der Waals surface area (Å²) in [5, 5.41) is 2.63. The van der Waals surface area contributed by atoms with E-state index in [-0.39, 0.29) is 26.9 Å². The van der Waals surface area contributed by atoms with Gasteiger partial charge in [0.15, 0.2) is 0 Å². The number of carbonyl (C=O) groups excluding carboxylic acids is 3. The molecule has 0 saturated carbocycles. The van der Waals surface area contributed by atoms with E-state index in [0.717, 1.165) is 11.0 Å². The van der Waals surface area contributed by atoms with Gasteiger partial charge in [0, 0.05) is 15.6 Å². The van der Waals surface area contributed by atoms with Gasteiger partial charge in [-0.25, -0.2) is 9.69 Å². The van der Waals surface area contributed by atoms with Crippen molar-refractivity contribution in [1.29, 1.82) is 0 Å². The summed E-state index contributed by atoms with van der Waals surface area (Å²) < 4.78 is 36.2. The fourth-order valence-corrected chi connectivity index (χ4v) is 4.64. The summed E-state index contributed by atoms with van der Waals surface area (Å²) in [4.78, 5) is 38.9. The van der Waals surface area contributed by atoms with E-state index in [1.165, 1.54) is 54.6 Å². The van der Waals surface area contributed by atoms with Crippen molar-refractivity contribution in [3.63, 3.8) is 0 Å². The largest absolute Gasteiger partial charge is 0.494 e. The Morgan fingerprint density at radius 3 is 2.22 bits per heavy atom. The minimum atomic E-state index is -4.30. The van der Waals surface area contributed by atoms with Crippen LogP contribution in [0.25, 0.3) is 6.08 Å². The summed E-state index contributed by atoms with van der Waals surface area (Å²) in [5.74, 6) is -1.56. The van der Waals surface area contributed by atoms with Crippen LogP contribution in [0.5, 0.6) is 11.5 Å². The van der Waals surface area contributed by atoms with Crippen molar-refractivity contribution in [1.82, 2.24) is 5.32 Å². The second-order valence-electron chi connectivity index (χ2n) is 7.56. The SMILES string of the molecule is CCOc1ccc(N2C(=O)NC(=O)/C(=C\c3cc(Cl)ccc3OS(=O)(=O)c3ccc(Cl)cc3)C2=O)cc1. The van der Waals surface area contributed by atoms with Crippen LogP contribution in [-0.4, -0.2) is 32.9 Å². The standard InChI is InChI=1S/C25H18Cl2N2O7S/c1-2-35-19-8-6-18(7-9-19)29-24(31)21(23(30)28-25(29)32)14-15-13-17(27)5-12-22(15)36-37(33,34)20-10-3-16(26)4-11-20/h3-14H,2H2,1H3,(H,28,30,32)/b21-14+. The molecule has 4 amide bonds. The summed E-state index contributed by atoms with van der Waals surface area (Å²) in [5.41, 5.74) is -0.230. The molecular formula is C25H18Cl2N2O7S. The summed E-state index contributed by atoms with van der Waals surface area (Å²) >= 11 is 11.9. The first-order valence-corrected chi connectivity index (χ1v) is 12.9. The molecule has 0 aromatic heterocycles. The number of imide groups is 2. The van der Waals surface area contributed by atoms with Gasteiger partial charge in [-0.15, -0.1) is 0 Å². The maximum absolute atomic E-state index is 13.2. The van der Waals surface area contributed by atoms with Crippen molar-refractivity contribution in [2.24, 2.45) is 0 Å². The van der Waals surface area contributed by atoms with Crippen molar-refractivity contribution in [3.05, 3.63) is 87.9 Å². The van der Waals surface area contributed by atoms with E-state index in [2.05, 4.69) is 5.32 Å². The molecule has 4 rings (SSSR count). The normalized spacial score (nSPS) is 15.1. The molecule has 0 spiro atoms. The van der Waals surface area contributed by atoms with Crippen LogP contribution in [-0.2, 0) is 19.7 Å². The lowest BCUT2D eigenvalue weighted by atomic mass is 10.1. The van der Waals surface area contributed by atoms with Crippen LogP contribution >= 0.6 is 23.2 Å². The smallest absolute Gasteiger partial charge is 0.339 e. The maximum Gasteiger partial charge on any atom is 0.339 e. The van der Waals surface area contributed by atoms with Crippen LogP contribution in [0.15, 0.2) is 77.2 Å². The molecule has 0 aliphatic carbocycles. The van der Waals surface area contributed by atoms with E-state index in [1.54, 1.807) is 12.1 Å². The van der Waals surface area contributed by atoms with Gasteiger partial charge >= 0.3 is 16.1 Å². The van der Waals surface area contributed by atoms with Gasteiger partial charge in [-0.2, -0.15) is 8.42 Å². The summed E-state index contributed by atoms with van der Waals surface area (Å²) in [6, 6.07) is 14.5. The Labute approximate surface area is 222 Å². The summed E-state index contributed by atoms with van der Waals surface area (Å²) in [7, 11) is -4.30. The topological polar surface area (TPSA) is 119 Å². The zero-order valence-corrected chi connectivity index (χ0v) is 21.4. The monoisotopic (exact) mass is 560 g/mol. The van der Waals surface area contributed by atoms with Crippen LogP contribution in [0.3, 0.4) is 0 Å². The van der Waals surface area contributed by atoms with Crippen LogP contribution in [0.4, 0.5) is 10.5 Å². The molecule has 1 aliphatic heterocycles. The lowest BCUT2D eigenvalue weighted by molar-refractivity contribution is -0.122. The van der Waals surface area contributed by atoms with E-state index in [4.69, 9.17) is 32.1 Å². The zero-order valence-electron chi connectivity index (χ0n) is 19.1. The number of urea groups is 1. The number of nitrogens with zero attached hydrogens (tertiary/aromatic N) is 1. The van der Waals surface area contributed by atoms with E-state index in [0.29, 0.717) is 17.4 Å². The first-order valence-electron chi connectivity index (χ1n) is 10.7. The number of barbiturate groups is 1. The van der Waals surface area contributed by atoms with E-state index < -0.39 is 33.5 Å². The molecule has 0 bridgehead atoms. The van der Waals surface area contributed by atoms with Crippen LogP contribution < -0.4 is 19.1 Å². The van der Waals surface area contributed by atoms with Gasteiger partial charge in [-0.3, -0.25) is 14.9 Å². The molecular weight excluding hydrogens is 543 g/mol. The van der Waals surface area contributed by atoms with Crippen molar-refractivity contribution in [3.8, 4) is 11.5 Å². The molecule has 1 saturated heterocycles. The fraction of sp³-hybridized carbons (Fsp3) is 0.0800. The molecule has 37 heavy (non-hydrogen) atoms. The lowest BCUT2D eigenvalue weighted by Gasteiger charge is -2.26. The van der Waals surface area contributed by atoms with Crippen LogP contribution in [0.2, 0.25) is 10.0 Å². The molecule has 190 valence electrons. The van der Waals surface area contributed by atoms with Crippen LogP contribution in [0, 0.1) is 0 Å². The molecule has 12 heteroatoms. The van der Waals surface area contributed by atoms with Crippen molar-refractivity contribution in [2.45, 2.75) is 11.8 Å². The highest BCUT2D eigenvalue weighted by Gasteiger charge is 2.37. The Kier molecular flexibility index (Phi) is 7.53. The second-order valence-corrected chi connectivity index (χ2v) is 9.98. The van der Waals surface area contributed by atoms with Gasteiger partial charge in [0.25, 0.3) is 11.8 Å². The van der Waals surface area contributed by atoms with E-state index in [1.807, 2.05) is 6.92 Å². The number of rotatable bonds is 7. The highest BCUT2D eigenvalue weighted by molar-refractivity contribution is 7.87. The molecule has 1 fully saturated rings. The van der Waals surface area contributed by atoms with Crippen molar-refractivity contribution in [2.75, 3.05) is 11.5 Å². The third kappa shape index (κ3) is 5.77. The Hall–Kier alpha value is -3.86. The number of hydrogen-bond donors (Lipinski definition) is 1. The molecule has 1 N–H and O–H groups in total. The van der Waals surface area contributed by atoms with Crippen molar-refractivity contribution < 1.29 is 31.7 Å². The first kappa shape index (κ1) is 26.2. The molecule has 3 aromatic rings. The molecule has 9 nitrogen and oxygen atoms in total. The van der Waals surface area contributed by atoms with E-state index >= 15 is 0 Å². The average molecular weight is 561 g/mol. The zero-order chi connectivity index (χ0) is 26.7. The third-order valence-corrected chi connectivity index (χ3v) is 6.82. The molecule has 1 aliphatic rings. The van der Waals surface area contributed by atoms with Crippen LogP contribution in [0.1, 0.15) is 12.5 Å². The van der Waals surface area contributed by atoms with Gasteiger partial charge < -0.3 is 8.92 Å². The number of benzene rings is 3. The number of nitrogens with one attached hydrogen (secondary N) is 1. The highest BCUT2D eigenvalue weighted by Crippen LogP contribution is 2.30. The summed E-state index contributed by atoms with van der Waals surface area (Å²) in [6.45, 7) is 2.24.